The highest BCUT2D eigenvalue weighted by Gasteiger charge is 2.02. The lowest BCUT2D eigenvalue weighted by molar-refractivity contribution is 0.104. The van der Waals surface area contributed by atoms with Crippen LogP contribution in [-0.4, -0.2) is 5.78 Å². The molecule has 3 aromatic carbocycles. The maximum atomic E-state index is 13.1. The van der Waals surface area contributed by atoms with E-state index in [0.717, 1.165) is 16.9 Å². The lowest BCUT2D eigenvalue weighted by atomic mass is 10.1. The zero-order valence-corrected chi connectivity index (χ0v) is 13.6. The lowest BCUT2D eigenvalue weighted by Crippen LogP contribution is -1.95. The molecule has 0 heterocycles. The maximum Gasteiger partial charge on any atom is 0.185 e. The van der Waals surface area contributed by atoms with E-state index < -0.39 is 5.82 Å². The first-order valence-electron chi connectivity index (χ1n) is 7.95. The van der Waals surface area contributed by atoms with Gasteiger partial charge in [0, 0.05) is 5.56 Å². The van der Waals surface area contributed by atoms with Crippen LogP contribution < -0.4 is 4.74 Å². The summed E-state index contributed by atoms with van der Waals surface area (Å²) < 4.78 is 18.9. The second-order valence-electron chi connectivity index (χ2n) is 5.55. The number of ketones is 1. The summed E-state index contributed by atoms with van der Waals surface area (Å²) in [7, 11) is 0. The molecule has 0 N–H and O–H groups in total. The molecule has 0 amide bonds. The number of hydrogen-bond donors (Lipinski definition) is 0. The quantitative estimate of drug-likeness (QED) is 0.452. The summed E-state index contributed by atoms with van der Waals surface area (Å²) in [5.41, 5.74) is 2.31. The highest BCUT2D eigenvalue weighted by atomic mass is 19.1. The van der Waals surface area contributed by atoms with Gasteiger partial charge in [-0.2, -0.15) is 0 Å². The molecule has 0 aliphatic heterocycles. The van der Waals surface area contributed by atoms with Gasteiger partial charge in [0.15, 0.2) is 5.78 Å². The third kappa shape index (κ3) is 4.88. The van der Waals surface area contributed by atoms with Crippen molar-refractivity contribution in [3.8, 4) is 5.75 Å². The number of ether oxygens (including phenoxy) is 1. The van der Waals surface area contributed by atoms with Crippen LogP contribution in [0.25, 0.3) is 6.08 Å². The molecule has 0 unspecified atom stereocenters. The van der Waals surface area contributed by atoms with Crippen molar-refractivity contribution in [2.75, 3.05) is 0 Å². The fraction of sp³-hybridized carbons (Fsp3) is 0.0455. The van der Waals surface area contributed by atoms with Crippen molar-refractivity contribution in [3.05, 3.63) is 107 Å². The van der Waals surface area contributed by atoms with Gasteiger partial charge in [0.25, 0.3) is 0 Å². The van der Waals surface area contributed by atoms with Crippen LogP contribution in [0.3, 0.4) is 0 Å². The van der Waals surface area contributed by atoms with E-state index in [1.54, 1.807) is 12.1 Å². The molecule has 0 aliphatic carbocycles. The summed E-state index contributed by atoms with van der Waals surface area (Å²) in [6.45, 7) is 0.508. The van der Waals surface area contributed by atoms with E-state index in [9.17, 15) is 9.18 Å². The van der Waals surface area contributed by atoms with E-state index in [1.807, 2.05) is 54.6 Å². The van der Waals surface area contributed by atoms with E-state index in [0.29, 0.717) is 12.2 Å². The molecule has 0 aliphatic rings. The minimum Gasteiger partial charge on any atom is -0.489 e. The van der Waals surface area contributed by atoms with Crippen LogP contribution in [0.1, 0.15) is 21.5 Å². The SMILES string of the molecule is O=C(/C=C\c1ccc(OCc2ccccc2)cc1)c1cccc(F)c1. The van der Waals surface area contributed by atoms with Gasteiger partial charge in [0.2, 0.25) is 0 Å². The highest BCUT2D eigenvalue weighted by molar-refractivity contribution is 6.06. The summed E-state index contributed by atoms with van der Waals surface area (Å²) in [6.07, 6.45) is 3.14. The van der Waals surface area contributed by atoms with Crippen LogP contribution in [0.4, 0.5) is 4.39 Å². The standard InChI is InChI=1S/C22H17FO2/c23-20-8-4-7-19(15-20)22(24)14-11-17-9-12-21(13-10-17)25-16-18-5-2-1-3-6-18/h1-15H,16H2/b14-11-. The van der Waals surface area contributed by atoms with E-state index in [4.69, 9.17) is 4.74 Å². The van der Waals surface area contributed by atoms with Crippen molar-refractivity contribution >= 4 is 11.9 Å². The number of carbonyl (C=O) groups excluding carboxylic acids is 1. The Morgan fingerprint density at radius 3 is 2.40 bits per heavy atom. The van der Waals surface area contributed by atoms with Crippen molar-refractivity contribution < 1.29 is 13.9 Å². The van der Waals surface area contributed by atoms with Crippen LogP contribution in [-0.2, 0) is 6.61 Å². The monoisotopic (exact) mass is 332 g/mol. The number of halogens is 1. The third-order valence-corrected chi connectivity index (χ3v) is 3.66. The largest absolute Gasteiger partial charge is 0.489 e. The molecule has 3 aromatic rings. The first-order chi connectivity index (χ1) is 12.2. The smallest absolute Gasteiger partial charge is 0.185 e. The number of carbonyl (C=O) groups is 1. The Morgan fingerprint density at radius 2 is 1.68 bits per heavy atom. The first-order valence-corrected chi connectivity index (χ1v) is 7.95. The van der Waals surface area contributed by atoms with Gasteiger partial charge in [-0.25, -0.2) is 4.39 Å². The highest BCUT2D eigenvalue weighted by Crippen LogP contribution is 2.15. The first kappa shape index (κ1) is 16.7. The number of hydrogen-bond acceptors (Lipinski definition) is 2. The molecule has 25 heavy (non-hydrogen) atoms. The predicted molar refractivity (Wildman–Crippen MR) is 97.0 cm³/mol. The van der Waals surface area contributed by atoms with Gasteiger partial charge >= 0.3 is 0 Å². The summed E-state index contributed by atoms with van der Waals surface area (Å²) >= 11 is 0. The minimum absolute atomic E-state index is 0.232. The van der Waals surface area contributed by atoms with E-state index in [1.165, 1.54) is 24.3 Å². The molecular formula is C22H17FO2. The van der Waals surface area contributed by atoms with Gasteiger partial charge in [-0.15, -0.1) is 0 Å². The Labute approximate surface area is 146 Å². The lowest BCUT2D eigenvalue weighted by Gasteiger charge is -2.06. The van der Waals surface area contributed by atoms with Crippen molar-refractivity contribution in [2.45, 2.75) is 6.61 Å². The molecule has 0 bridgehead atoms. The van der Waals surface area contributed by atoms with Gasteiger partial charge in [0.05, 0.1) is 0 Å². The number of rotatable bonds is 6. The summed E-state index contributed by atoms with van der Waals surface area (Å²) in [5.74, 6) is 0.112. The molecule has 0 radical (unpaired) electrons. The van der Waals surface area contributed by atoms with E-state index in [-0.39, 0.29) is 5.78 Å². The van der Waals surface area contributed by atoms with Crippen LogP contribution in [0, 0.1) is 5.82 Å². The van der Waals surface area contributed by atoms with Crippen molar-refractivity contribution in [1.82, 2.24) is 0 Å². The van der Waals surface area contributed by atoms with Gasteiger partial charge < -0.3 is 4.74 Å². The van der Waals surface area contributed by atoms with Crippen LogP contribution in [0.15, 0.2) is 84.9 Å². The second kappa shape index (κ2) is 8.06. The third-order valence-electron chi connectivity index (χ3n) is 3.66. The molecule has 124 valence electrons. The van der Waals surface area contributed by atoms with Crippen LogP contribution in [0.5, 0.6) is 5.75 Å². The van der Waals surface area contributed by atoms with Crippen LogP contribution in [0.2, 0.25) is 0 Å². The topological polar surface area (TPSA) is 26.3 Å². The Hall–Kier alpha value is -3.20. The van der Waals surface area contributed by atoms with Crippen molar-refractivity contribution in [3.63, 3.8) is 0 Å². The van der Waals surface area contributed by atoms with Gasteiger partial charge in [-0.1, -0.05) is 60.7 Å². The maximum absolute atomic E-state index is 13.1. The average Bonchev–Trinajstić information content (AvgIpc) is 2.66. The van der Waals surface area contributed by atoms with Crippen molar-refractivity contribution in [1.29, 1.82) is 0 Å². The molecular weight excluding hydrogens is 315 g/mol. The fourth-order valence-corrected chi connectivity index (χ4v) is 2.33. The predicted octanol–water partition coefficient (Wildman–Crippen LogP) is 5.30. The average molecular weight is 332 g/mol. The molecule has 0 aromatic heterocycles. The second-order valence-corrected chi connectivity index (χ2v) is 5.55. The number of allylic oxidation sites excluding steroid dienone is 1. The fourth-order valence-electron chi connectivity index (χ4n) is 2.33. The Balaban J connectivity index is 1.59. The van der Waals surface area contributed by atoms with Gasteiger partial charge in [-0.3, -0.25) is 4.79 Å². The number of benzene rings is 3. The normalized spacial score (nSPS) is 10.8. The molecule has 0 atom stereocenters. The summed E-state index contributed by atoms with van der Waals surface area (Å²) in [4.78, 5) is 12.0. The molecule has 0 saturated carbocycles. The molecule has 2 nitrogen and oxygen atoms in total. The zero-order valence-electron chi connectivity index (χ0n) is 13.6. The van der Waals surface area contributed by atoms with Crippen molar-refractivity contribution in [2.24, 2.45) is 0 Å². The molecule has 3 rings (SSSR count). The summed E-state index contributed by atoms with van der Waals surface area (Å²) in [5, 5.41) is 0. The van der Waals surface area contributed by atoms with E-state index in [2.05, 4.69) is 0 Å². The molecule has 0 fully saturated rings. The molecule has 3 heteroatoms. The Bertz CT molecular complexity index is 868. The minimum atomic E-state index is -0.417. The zero-order chi connectivity index (χ0) is 17.5. The molecule has 0 saturated heterocycles. The Kier molecular flexibility index (Phi) is 5.37. The summed E-state index contributed by atoms with van der Waals surface area (Å²) in [6, 6.07) is 23.0. The van der Waals surface area contributed by atoms with Gasteiger partial charge in [0.1, 0.15) is 18.2 Å². The van der Waals surface area contributed by atoms with E-state index >= 15 is 0 Å². The van der Waals surface area contributed by atoms with Crippen LogP contribution >= 0.6 is 0 Å². The molecule has 0 spiro atoms. The Morgan fingerprint density at radius 1 is 0.920 bits per heavy atom. The van der Waals surface area contributed by atoms with Gasteiger partial charge in [-0.05, 0) is 41.5 Å².